The highest BCUT2D eigenvalue weighted by Gasteiger charge is 2.37. The van der Waals surface area contributed by atoms with E-state index in [-0.39, 0.29) is 0 Å². The zero-order valence-corrected chi connectivity index (χ0v) is 17.8. The highest BCUT2D eigenvalue weighted by atomic mass is 31.2. The Morgan fingerprint density at radius 3 is 1.58 bits per heavy atom. The molecule has 1 amide bonds. The molecule has 16 nitrogen and oxygen atoms in total. The number of nitrogens with two attached hydrogens (primary N) is 1. The summed E-state index contributed by atoms with van der Waals surface area (Å²) in [7, 11) is -9.65. The van der Waals surface area contributed by atoms with Crippen LogP contribution in [0.3, 0.4) is 0 Å². The van der Waals surface area contributed by atoms with Gasteiger partial charge in [0.2, 0.25) is 5.91 Å². The first-order chi connectivity index (χ1) is 13.9. The first kappa shape index (κ1) is 29.1. The number of amides is 1. The van der Waals surface area contributed by atoms with Gasteiger partial charge in [-0.2, -0.15) is 0 Å². The zero-order valence-electron chi connectivity index (χ0n) is 16.1. The van der Waals surface area contributed by atoms with Crippen molar-refractivity contribution < 1.29 is 63.2 Å². The average molecular weight is 493 g/mol. The second-order valence-electron chi connectivity index (χ2n) is 6.56. The van der Waals surface area contributed by atoms with Crippen LogP contribution in [0.1, 0.15) is 19.3 Å². The fourth-order valence-corrected chi connectivity index (χ4v) is 4.40. The van der Waals surface area contributed by atoms with Gasteiger partial charge in [-0.3, -0.25) is 38.1 Å². The molecule has 0 aromatic heterocycles. The van der Waals surface area contributed by atoms with Crippen molar-refractivity contribution in [1.82, 2.24) is 9.80 Å². The van der Waals surface area contributed by atoms with Crippen LogP contribution >= 0.6 is 15.2 Å². The molecular formula is C13H25N3O13P2. The molecule has 18 heteroatoms. The standard InChI is InChI=1S/C13H25N3O13P2/c14-10(17)2-1-8(12(20)21)16(9(13(22)23)5-11(18)19)4-3-15(6-30(24,25)26)7-31(27,28)29/h8-9H,1-7H2,(H2,14,17)(H,18,19)(H,20,21)(H,22,23)(H2,24,25,26)(H2,27,28,29). The van der Waals surface area contributed by atoms with E-state index in [1.165, 1.54) is 0 Å². The van der Waals surface area contributed by atoms with Crippen LogP contribution in [-0.4, -0.2) is 106 Å². The Balaban J connectivity index is 5.96. The summed E-state index contributed by atoms with van der Waals surface area (Å²) >= 11 is 0. The van der Waals surface area contributed by atoms with Crippen molar-refractivity contribution in [2.24, 2.45) is 5.73 Å². The van der Waals surface area contributed by atoms with Gasteiger partial charge in [0.05, 0.1) is 6.42 Å². The lowest BCUT2D eigenvalue weighted by molar-refractivity contribution is -0.155. The Hall–Kier alpha value is -1.90. The van der Waals surface area contributed by atoms with Crippen molar-refractivity contribution in [3.8, 4) is 0 Å². The van der Waals surface area contributed by atoms with E-state index in [0.717, 1.165) is 0 Å². The molecule has 31 heavy (non-hydrogen) atoms. The van der Waals surface area contributed by atoms with E-state index in [0.29, 0.717) is 9.80 Å². The third-order valence-electron chi connectivity index (χ3n) is 3.85. The molecule has 0 bridgehead atoms. The normalized spacial score (nSPS) is 14.4. The third-order valence-corrected chi connectivity index (χ3v) is 5.38. The summed E-state index contributed by atoms with van der Waals surface area (Å²) in [5.74, 6) is -5.88. The monoisotopic (exact) mass is 493 g/mol. The topological polar surface area (TPSA) is 277 Å². The van der Waals surface area contributed by atoms with Crippen molar-refractivity contribution in [2.45, 2.75) is 31.3 Å². The molecule has 0 radical (unpaired) electrons. The van der Waals surface area contributed by atoms with E-state index in [2.05, 4.69) is 0 Å². The largest absolute Gasteiger partial charge is 0.481 e. The quantitative estimate of drug-likeness (QED) is 0.103. The number of aliphatic carboxylic acids is 3. The number of hydrogen-bond acceptors (Lipinski definition) is 8. The van der Waals surface area contributed by atoms with Crippen LogP contribution in [0.15, 0.2) is 0 Å². The number of hydrogen-bond donors (Lipinski definition) is 8. The Kier molecular flexibility index (Phi) is 11.5. The third kappa shape index (κ3) is 13.2. The highest BCUT2D eigenvalue weighted by molar-refractivity contribution is 7.52. The van der Waals surface area contributed by atoms with Gasteiger partial charge in [-0.25, -0.2) is 0 Å². The van der Waals surface area contributed by atoms with Crippen molar-refractivity contribution in [2.75, 3.05) is 25.7 Å². The van der Waals surface area contributed by atoms with E-state index in [1.54, 1.807) is 0 Å². The summed E-state index contributed by atoms with van der Waals surface area (Å²) in [6.45, 7) is -1.31. The smallest absolute Gasteiger partial charge is 0.339 e. The fraction of sp³-hybridized carbons (Fsp3) is 0.692. The molecule has 0 aliphatic carbocycles. The number of primary amides is 1. The summed E-state index contributed by atoms with van der Waals surface area (Å²) in [5.41, 5.74) is 4.98. The van der Waals surface area contributed by atoms with Gasteiger partial charge in [-0.05, 0) is 6.42 Å². The van der Waals surface area contributed by atoms with Gasteiger partial charge in [-0.1, -0.05) is 0 Å². The first-order valence-corrected chi connectivity index (χ1v) is 12.1. The van der Waals surface area contributed by atoms with Crippen LogP contribution in [0, 0.1) is 0 Å². The number of carboxylic acid groups (broad SMARTS) is 3. The molecule has 0 aromatic carbocycles. The van der Waals surface area contributed by atoms with Gasteiger partial charge in [0, 0.05) is 19.5 Å². The predicted octanol–water partition coefficient (Wildman–Crippen LogP) is -2.49. The van der Waals surface area contributed by atoms with Crippen LogP contribution < -0.4 is 5.73 Å². The Morgan fingerprint density at radius 1 is 0.806 bits per heavy atom. The van der Waals surface area contributed by atoms with E-state index >= 15 is 0 Å². The maximum absolute atomic E-state index is 11.7. The van der Waals surface area contributed by atoms with Crippen molar-refractivity contribution in [3.05, 3.63) is 0 Å². The minimum Gasteiger partial charge on any atom is -0.481 e. The van der Waals surface area contributed by atoms with Crippen LogP contribution in [0.4, 0.5) is 0 Å². The van der Waals surface area contributed by atoms with Crippen LogP contribution in [0.2, 0.25) is 0 Å². The lowest BCUT2D eigenvalue weighted by Gasteiger charge is -2.35. The van der Waals surface area contributed by atoms with Crippen molar-refractivity contribution >= 4 is 39.0 Å². The summed E-state index contributed by atoms with van der Waals surface area (Å²) in [5, 5.41) is 27.8. The van der Waals surface area contributed by atoms with Gasteiger partial charge >= 0.3 is 33.1 Å². The number of rotatable bonds is 16. The summed E-state index contributed by atoms with van der Waals surface area (Å²) < 4.78 is 22.5. The average Bonchev–Trinajstić information content (AvgIpc) is 2.51. The van der Waals surface area contributed by atoms with Crippen LogP contribution in [0.5, 0.6) is 0 Å². The number of carbonyl (C=O) groups is 4. The second-order valence-corrected chi connectivity index (χ2v) is 9.78. The SMILES string of the molecule is NC(=O)CCC(C(=O)O)N(CCN(CP(=O)(O)O)CP(=O)(O)O)C(CC(=O)O)C(=O)O. The van der Waals surface area contributed by atoms with Gasteiger partial charge in [0.1, 0.15) is 24.7 Å². The van der Waals surface area contributed by atoms with E-state index < -0.39 is 96.0 Å². The highest BCUT2D eigenvalue weighted by Crippen LogP contribution is 2.40. The van der Waals surface area contributed by atoms with Crippen molar-refractivity contribution in [1.29, 1.82) is 0 Å². The van der Waals surface area contributed by atoms with Crippen molar-refractivity contribution in [3.63, 3.8) is 0 Å². The molecule has 0 fully saturated rings. The maximum Gasteiger partial charge on any atom is 0.339 e. The van der Waals surface area contributed by atoms with Gasteiger partial charge < -0.3 is 40.6 Å². The van der Waals surface area contributed by atoms with Crippen LogP contribution in [0.25, 0.3) is 0 Å². The molecule has 0 saturated carbocycles. The van der Waals surface area contributed by atoms with E-state index in [4.69, 9.17) is 30.4 Å². The lowest BCUT2D eigenvalue weighted by Crippen LogP contribution is -2.54. The molecule has 0 aromatic rings. The maximum atomic E-state index is 11.7. The van der Waals surface area contributed by atoms with Gasteiger partial charge in [-0.15, -0.1) is 0 Å². The fourth-order valence-electron chi connectivity index (χ4n) is 2.71. The molecular weight excluding hydrogens is 468 g/mol. The lowest BCUT2D eigenvalue weighted by atomic mass is 10.0. The molecule has 0 aliphatic rings. The summed E-state index contributed by atoms with van der Waals surface area (Å²) in [6, 6.07) is -3.67. The van der Waals surface area contributed by atoms with Crippen LogP contribution in [-0.2, 0) is 28.3 Å². The molecule has 0 aliphatic heterocycles. The molecule has 0 spiro atoms. The molecule has 2 unspecified atom stereocenters. The first-order valence-electron chi connectivity index (χ1n) is 8.46. The Labute approximate surface area is 175 Å². The predicted molar refractivity (Wildman–Crippen MR) is 101 cm³/mol. The second kappa shape index (κ2) is 12.2. The van der Waals surface area contributed by atoms with Gasteiger partial charge in [0.15, 0.2) is 0 Å². The summed E-state index contributed by atoms with van der Waals surface area (Å²) in [4.78, 5) is 83.0. The molecule has 9 N–H and O–H groups in total. The summed E-state index contributed by atoms with van der Waals surface area (Å²) in [6.07, 6.45) is -4.34. The molecule has 0 rings (SSSR count). The molecule has 0 saturated heterocycles. The van der Waals surface area contributed by atoms with E-state index in [9.17, 15) is 38.5 Å². The number of carbonyl (C=O) groups excluding carboxylic acids is 1. The van der Waals surface area contributed by atoms with Gasteiger partial charge in [0.25, 0.3) is 0 Å². The number of nitrogens with zero attached hydrogens (tertiary/aromatic N) is 2. The minimum absolute atomic E-state index is 0.498. The molecule has 180 valence electrons. The zero-order chi connectivity index (χ0) is 24.6. The molecule has 2 atom stereocenters. The van der Waals surface area contributed by atoms with E-state index in [1.807, 2.05) is 0 Å². The molecule has 0 heterocycles. The minimum atomic E-state index is -4.83. The number of carboxylic acids is 3. The Bertz CT molecular complexity index is 740. The Morgan fingerprint density at radius 2 is 1.26 bits per heavy atom.